The Labute approximate surface area is 235 Å². The largest absolute Gasteiger partial charge is 0.469 e. The van der Waals surface area contributed by atoms with Crippen LogP contribution in [0.4, 0.5) is 4.79 Å². The fourth-order valence-corrected chi connectivity index (χ4v) is 10.1. The van der Waals surface area contributed by atoms with Crippen molar-refractivity contribution in [1.82, 2.24) is 4.90 Å². The molecule has 1 heterocycles. The number of hydrogen-bond donors (Lipinski definition) is 0. The first-order chi connectivity index (χ1) is 18.4. The van der Waals surface area contributed by atoms with Gasteiger partial charge in [0.05, 0.1) is 26.2 Å². The van der Waals surface area contributed by atoms with E-state index in [1.54, 1.807) is 0 Å². The highest BCUT2D eigenvalue weighted by atomic mass is 28.4. The Hall–Kier alpha value is -2.90. The van der Waals surface area contributed by atoms with Gasteiger partial charge in [0.1, 0.15) is 5.60 Å². The maximum atomic E-state index is 13.5. The average molecular weight is 552 g/mol. The summed E-state index contributed by atoms with van der Waals surface area (Å²) in [6.07, 6.45) is 5.99. The first kappa shape index (κ1) is 30.6. The van der Waals surface area contributed by atoms with Crippen molar-refractivity contribution in [2.45, 2.75) is 89.9 Å². The van der Waals surface area contributed by atoms with E-state index in [4.69, 9.17) is 13.9 Å². The molecular formula is C32H45NO5Si. The molecule has 0 N–H and O–H groups in total. The summed E-state index contributed by atoms with van der Waals surface area (Å²) in [6.45, 7) is 12.9. The number of rotatable bonds is 9. The van der Waals surface area contributed by atoms with E-state index in [-0.39, 0.29) is 35.6 Å². The van der Waals surface area contributed by atoms with Crippen LogP contribution in [0.2, 0.25) is 5.04 Å². The summed E-state index contributed by atoms with van der Waals surface area (Å²) in [4.78, 5) is 26.9. The second-order valence-electron chi connectivity index (χ2n) is 12.2. The molecule has 0 radical (unpaired) electrons. The maximum absolute atomic E-state index is 13.5. The minimum atomic E-state index is -2.74. The lowest BCUT2D eigenvalue weighted by atomic mass is 10.1. The lowest BCUT2D eigenvalue weighted by Crippen LogP contribution is -2.67. The van der Waals surface area contributed by atoms with Gasteiger partial charge in [-0.2, -0.15) is 0 Å². The predicted octanol–water partition coefficient (Wildman–Crippen LogP) is 5.84. The highest BCUT2D eigenvalue weighted by molar-refractivity contribution is 6.99. The van der Waals surface area contributed by atoms with Gasteiger partial charge >= 0.3 is 12.1 Å². The molecule has 1 amide bonds. The first-order valence-corrected chi connectivity index (χ1v) is 15.8. The van der Waals surface area contributed by atoms with Crippen LogP contribution in [-0.4, -0.2) is 56.7 Å². The van der Waals surface area contributed by atoms with Crippen molar-refractivity contribution in [3.05, 3.63) is 72.8 Å². The summed E-state index contributed by atoms with van der Waals surface area (Å²) in [5.41, 5.74) is -0.603. The van der Waals surface area contributed by atoms with Gasteiger partial charge in [-0.05, 0) is 55.4 Å². The molecule has 0 aliphatic carbocycles. The van der Waals surface area contributed by atoms with Crippen LogP contribution in [0.1, 0.15) is 67.2 Å². The van der Waals surface area contributed by atoms with Crippen molar-refractivity contribution >= 4 is 30.8 Å². The normalized spacial score (nSPS) is 18.4. The number of likely N-dealkylation sites (tertiary alicyclic amines) is 1. The second-order valence-corrected chi connectivity index (χ2v) is 16.5. The molecule has 0 bridgehead atoms. The Morgan fingerprint density at radius 2 is 1.41 bits per heavy atom. The quantitative estimate of drug-likeness (QED) is 0.223. The maximum Gasteiger partial charge on any atom is 0.410 e. The molecule has 0 saturated carbocycles. The molecule has 2 atom stereocenters. The van der Waals surface area contributed by atoms with Crippen LogP contribution in [0.3, 0.4) is 0 Å². The Bertz CT molecular complexity index is 1070. The molecule has 3 rings (SSSR count). The standard InChI is InChI=1S/C32H45NO5Si/c1-31(2,3)38-30(35)33-25(16-14-15-21-29(34)36-7)22-23-26(33)24-37-39(32(4,5)6,27-17-10-8-11-18-27)28-19-12-9-13-20-28/h8-15,17-20,25-26H,16,21-24H2,1-7H3/b15-14+/t25-,26+/m1/s1. The van der Waals surface area contributed by atoms with Crippen LogP contribution in [0, 0.1) is 0 Å². The summed E-state index contributed by atoms with van der Waals surface area (Å²) in [5, 5.41) is 2.28. The van der Waals surface area contributed by atoms with Crippen LogP contribution in [0.15, 0.2) is 72.8 Å². The van der Waals surface area contributed by atoms with Gasteiger partial charge in [-0.1, -0.05) is 93.6 Å². The van der Waals surface area contributed by atoms with Gasteiger partial charge in [-0.15, -0.1) is 0 Å². The molecule has 0 spiro atoms. The van der Waals surface area contributed by atoms with Crippen LogP contribution < -0.4 is 10.4 Å². The van der Waals surface area contributed by atoms with Crippen LogP contribution in [0.5, 0.6) is 0 Å². The van der Waals surface area contributed by atoms with E-state index in [1.165, 1.54) is 17.5 Å². The monoisotopic (exact) mass is 551 g/mol. The van der Waals surface area contributed by atoms with Gasteiger partial charge < -0.3 is 13.9 Å². The number of methoxy groups -OCH3 is 1. The zero-order chi connectivity index (χ0) is 28.7. The summed E-state index contributed by atoms with van der Waals surface area (Å²) in [5.74, 6) is -0.279. The third kappa shape index (κ3) is 7.61. The number of nitrogens with zero attached hydrogens (tertiary/aromatic N) is 1. The Morgan fingerprint density at radius 3 is 1.90 bits per heavy atom. The summed E-state index contributed by atoms with van der Waals surface area (Å²) in [6, 6.07) is 21.0. The molecular weight excluding hydrogens is 506 g/mol. The van der Waals surface area contributed by atoms with E-state index < -0.39 is 13.9 Å². The minimum Gasteiger partial charge on any atom is -0.469 e. The molecule has 39 heavy (non-hydrogen) atoms. The molecule has 2 aromatic carbocycles. The zero-order valence-corrected chi connectivity index (χ0v) is 25.6. The van der Waals surface area contributed by atoms with E-state index in [2.05, 4.69) is 69.3 Å². The van der Waals surface area contributed by atoms with Crippen molar-refractivity contribution < 1.29 is 23.5 Å². The summed E-state index contributed by atoms with van der Waals surface area (Å²) < 4.78 is 17.8. The van der Waals surface area contributed by atoms with Crippen molar-refractivity contribution in [3.8, 4) is 0 Å². The van der Waals surface area contributed by atoms with Crippen LogP contribution in [0.25, 0.3) is 0 Å². The molecule has 6 nitrogen and oxygen atoms in total. The number of carbonyl (C=O) groups is 2. The molecule has 1 aliphatic rings. The number of esters is 1. The number of ether oxygens (including phenoxy) is 2. The molecule has 1 saturated heterocycles. The summed E-state index contributed by atoms with van der Waals surface area (Å²) in [7, 11) is -1.36. The van der Waals surface area contributed by atoms with Crippen molar-refractivity contribution in [3.63, 3.8) is 0 Å². The minimum absolute atomic E-state index is 0.0264. The first-order valence-electron chi connectivity index (χ1n) is 13.9. The lowest BCUT2D eigenvalue weighted by molar-refractivity contribution is -0.139. The van der Waals surface area contributed by atoms with Gasteiger partial charge in [-0.3, -0.25) is 9.69 Å². The predicted molar refractivity (Wildman–Crippen MR) is 159 cm³/mol. The lowest BCUT2D eigenvalue weighted by Gasteiger charge is -2.44. The fourth-order valence-electron chi connectivity index (χ4n) is 5.47. The fraction of sp³-hybridized carbons (Fsp3) is 0.500. The number of carbonyl (C=O) groups excluding carboxylic acids is 2. The van der Waals surface area contributed by atoms with Crippen molar-refractivity contribution in [2.24, 2.45) is 0 Å². The highest BCUT2D eigenvalue weighted by Crippen LogP contribution is 2.38. The smallest absolute Gasteiger partial charge is 0.410 e. The van der Waals surface area contributed by atoms with Gasteiger partial charge in [0, 0.05) is 6.04 Å². The van der Waals surface area contributed by atoms with Crippen LogP contribution in [-0.2, 0) is 18.7 Å². The molecule has 7 heteroatoms. The number of amides is 1. The number of hydrogen-bond acceptors (Lipinski definition) is 5. The zero-order valence-electron chi connectivity index (χ0n) is 24.6. The van der Waals surface area contributed by atoms with Gasteiger partial charge in [0.15, 0.2) is 0 Å². The highest BCUT2D eigenvalue weighted by Gasteiger charge is 2.51. The SMILES string of the molecule is COC(=O)C/C=C/C[C@@H]1CC[C@@H](CO[Si](c2ccccc2)(c2ccccc2)C(C)(C)C)N1C(=O)OC(C)(C)C. The van der Waals surface area contributed by atoms with E-state index in [0.717, 1.165) is 12.8 Å². The van der Waals surface area contributed by atoms with Crippen molar-refractivity contribution in [2.75, 3.05) is 13.7 Å². The summed E-state index contributed by atoms with van der Waals surface area (Å²) >= 11 is 0. The van der Waals surface area contributed by atoms with E-state index in [0.29, 0.717) is 13.0 Å². The topological polar surface area (TPSA) is 65.1 Å². The van der Waals surface area contributed by atoms with Crippen molar-refractivity contribution in [1.29, 1.82) is 0 Å². The Kier molecular flexibility index (Phi) is 10.2. The van der Waals surface area contributed by atoms with E-state index in [9.17, 15) is 9.59 Å². The van der Waals surface area contributed by atoms with Gasteiger partial charge in [0.25, 0.3) is 8.32 Å². The van der Waals surface area contributed by atoms with Crippen LogP contribution >= 0.6 is 0 Å². The average Bonchev–Trinajstić information content (AvgIpc) is 3.29. The molecule has 1 fully saturated rings. The third-order valence-corrected chi connectivity index (χ3v) is 12.2. The van der Waals surface area contributed by atoms with E-state index in [1.807, 2.05) is 50.0 Å². The third-order valence-electron chi connectivity index (χ3n) is 7.22. The Morgan fingerprint density at radius 1 is 0.872 bits per heavy atom. The molecule has 2 aromatic rings. The molecule has 212 valence electrons. The second kappa shape index (κ2) is 13.0. The van der Waals surface area contributed by atoms with Gasteiger partial charge in [-0.25, -0.2) is 4.79 Å². The molecule has 0 unspecified atom stereocenters. The molecule has 1 aliphatic heterocycles. The Balaban J connectivity index is 1.92. The van der Waals surface area contributed by atoms with E-state index >= 15 is 0 Å². The van der Waals surface area contributed by atoms with Gasteiger partial charge in [0.2, 0.25) is 0 Å². The number of benzene rings is 2. The molecule has 0 aromatic heterocycles.